The minimum Gasteiger partial charge on any atom is -0.325 e. The van der Waals surface area contributed by atoms with Gasteiger partial charge in [0.1, 0.15) is 0 Å². The van der Waals surface area contributed by atoms with Gasteiger partial charge >= 0.3 is 0 Å². The van der Waals surface area contributed by atoms with E-state index < -0.39 is 0 Å². The van der Waals surface area contributed by atoms with Crippen molar-refractivity contribution in [3.63, 3.8) is 0 Å². The minimum atomic E-state index is -0.199. The van der Waals surface area contributed by atoms with E-state index in [9.17, 15) is 9.59 Å². The fourth-order valence-corrected chi connectivity index (χ4v) is 3.96. The maximum absolute atomic E-state index is 12.6. The summed E-state index contributed by atoms with van der Waals surface area (Å²) >= 11 is 1.59. The zero-order valence-corrected chi connectivity index (χ0v) is 19.8. The molecule has 0 aromatic heterocycles. The molecule has 5 heteroatoms. The molecule has 4 nitrogen and oxygen atoms in total. The number of rotatable bonds is 7. The summed E-state index contributed by atoms with van der Waals surface area (Å²) in [5.74, 6) is 0.535. The number of benzene rings is 3. The van der Waals surface area contributed by atoms with Crippen molar-refractivity contribution in [3.05, 3.63) is 95.6 Å². The molecule has 1 atom stereocenters. The van der Waals surface area contributed by atoms with Gasteiger partial charge in [0, 0.05) is 22.7 Å². The summed E-state index contributed by atoms with van der Waals surface area (Å²) in [6.45, 7) is 8.32. The highest BCUT2D eigenvalue weighted by Crippen LogP contribution is 2.23. The van der Waals surface area contributed by atoms with Crippen LogP contribution in [0, 0.1) is 0 Å². The summed E-state index contributed by atoms with van der Waals surface area (Å²) in [5, 5.41) is 5.66. The average Bonchev–Trinajstić information content (AvgIpc) is 2.78. The Morgan fingerprint density at radius 1 is 0.844 bits per heavy atom. The largest absolute Gasteiger partial charge is 0.325 e. The van der Waals surface area contributed by atoms with Crippen LogP contribution in [0.1, 0.15) is 49.2 Å². The van der Waals surface area contributed by atoms with Crippen LogP contribution >= 0.6 is 11.8 Å². The van der Waals surface area contributed by atoms with Crippen molar-refractivity contribution in [1.82, 2.24) is 0 Å². The van der Waals surface area contributed by atoms with Crippen molar-refractivity contribution < 1.29 is 9.59 Å². The third-order valence-corrected chi connectivity index (χ3v) is 6.33. The van der Waals surface area contributed by atoms with Gasteiger partial charge in [0.2, 0.25) is 5.91 Å². The summed E-state index contributed by atoms with van der Waals surface area (Å²) in [6.07, 6.45) is 0. The standard InChI is InChI=1S/C27H30N2O2S/c1-19(32-18-20-9-6-5-7-10-20)25(30)28-23-11-8-12-24(17-23)29-26(31)21-13-15-22(16-14-21)27(2,3)4/h5-17,19H,18H2,1-4H3,(H,28,30)(H,29,31)/t19-/m1/s1. The fraction of sp³-hybridized carbons (Fsp3) is 0.259. The van der Waals surface area contributed by atoms with Gasteiger partial charge in [-0.2, -0.15) is 0 Å². The molecular formula is C27H30N2O2S. The van der Waals surface area contributed by atoms with Crippen LogP contribution in [0.4, 0.5) is 11.4 Å². The van der Waals surface area contributed by atoms with E-state index in [0.29, 0.717) is 16.9 Å². The fourth-order valence-electron chi connectivity index (χ4n) is 3.11. The molecule has 0 saturated heterocycles. The Morgan fingerprint density at radius 3 is 2.09 bits per heavy atom. The maximum atomic E-state index is 12.6. The normalized spacial score (nSPS) is 12.1. The Labute approximate surface area is 194 Å². The van der Waals surface area contributed by atoms with Gasteiger partial charge in [-0.3, -0.25) is 9.59 Å². The quantitative estimate of drug-likeness (QED) is 0.436. The predicted molar refractivity (Wildman–Crippen MR) is 135 cm³/mol. The van der Waals surface area contributed by atoms with Crippen molar-refractivity contribution in [1.29, 1.82) is 0 Å². The van der Waals surface area contributed by atoms with Crippen LogP contribution in [-0.2, 0) is 16.0 Å². The van der Waals surface area contributed by atoms with Gasteiger partial charge in [-0.05, 0) is 53.8 Å². The smallest absolute Gasteiger partial charge is 0.255 e. The number of carbonyl (C=O) groups excluding carboxylic acids is 2. The van der Waals surface area contributed by atoms with Crippen LogP contribution in [0.3, 0.4) is 0 Å². The summed E-state index contributed by atoms with van der Waals surface area (Å²) in [4.78, 5) is 25.2. The Morgan fingerprint density at radius 2 is 1.47 bits per heavy atom. The first-order valence-corrected chi connectivity index (χ1v) is 11.8. The lowest BCUT2D eigenvalue weighted by atomic mass is 9.87. The van der Waals surface area contributed by atoms with Crippen LogP contribution in [0.2, 0.25) is 0 Å². The van der Waals surface area contributed by atoms with Gasteiger partial charge in [-0.1, -0.05) is 69.3 Å². The minimum absolute atomic E-state index is 0.0397. The highest BCUT2D eigenvalue weighted by Gasteiger charge is 2.16. The van der Waals surface area contributed by atoms with Crippen molar-refractivity contribution in [2.45, 2.75) is 44.1 Å². The van der Waals surface area contributed by atoms with Crippen LogP contribution in [0.25, 0.3) is 0 Å². The number of hydrogen-bond donors (Lipinski definition) is 2. The van der Waals surface area contributed by atoms with Gasteiger partial charge in [0.05, 0.1) is 5.25 Å². The van der Waals surface area contributed by atoms with E-state index in [1.54, 1.807) is 17.8 Å². The van der Waals surface area contributed by atoms with Crippen LogP contribution in [0.15, 0.2) is 78.9 Å². The van der Waals surface area contributed by atoms with Crippen LogP contribution < -0.4 is 10.6 Å². The first-order valence-electron chi connectivity index (χ1n) is 10.7. The molecule has 0 aliphatic rings. The first-order chi connectivity index (χ1) is 15.2. The second-order valence-corrected chi connectivity index (χ2v) is 10.1. The monoisotopic (exact) mass is 446 g/mol. The molecule has 0 fully saturated rings. The molecule has 0 saturated carbocycles. The molecule has 0 aliphatic carbocycles. The van der Waals surface area contributed by atoms with Crippen molar-refractivity contribution in [3.8, 4) is 0 Å². The van der Waals surface area contributed by atoms with Crippen LogP contribution in [-0.4, -0.2) is 17.1 Å². The average molecular weight is 447 g/mol. The lowest BCUT2D eigenvalue weighted by Gasteiger charge is -2.19. The molecule has 0 bridgehead atoms. The van der Waals surface area contributed by atoms with E-state index in [2.05, 4.69) is 43.5 Å². The zero-order chi connectivity index (χ0) is 23.1. The first kappa shape index (κ1) is 23.6. The molecule has 2 N–H and O–H groups in total. The summed E-state index contributed by atoms with van der Waals surface area (Å²) in [7, 11) is 0. The SMILES string of the molecule is C[C@@H](SCc1ccccc1)C(=O)Nc1cccc(NC(=O)c2ccc(C(C)(C)C)cc2)c1. The third-order valence-electron chi connectivity index (χ3n) is 5.11. The molecule has 0 spiro atoms. The van der Waals surface area contributed by atoms with Crippen molar-refractivity contribution in [2.75, 3.05) is 10.6 Å². The van der Waals surface area contributed by atoms with Gasteiger partial charge in [-0.15, -0.1) is 11.8 Å². The Bertz CT molecular complexity index is 1060. The molecule has 32 heavy (non-hydrogen) atoms. The van der Waals surface area contributed by atoms with E-state index in [-0.39, 0.29) is 22.5 Å². The second-order valence-electron chi connectivity index (χ2n) is 8.79. The third kappa shape index (κ3) is 6.72. The molecular weight excluding hydrogens is 416 g/mol. The molecule has 3 aromatic rings. The summed E-state index contributed by atoms with van der Waals surface area (Å²) < 4.78 is 0. The molecule has 0 unspecified atom stereocenters. The van der Waals surface area contributed by atoms with E-state index in [1.165, 1.54) is 11.1 Å². The van der Waals surface area contributed by atoms with E-state index >= 15 is 0 Å². The number of thioether (sulfide) groups is 1. The summed E-state index contributed by atoms with van der Waals surface area (Å²) in [6, 6.07) is 25.0. The molecule has 0 aliphatic heterocycles. The van der Waals surface area contributed by atoms with Gasteiger partial charge in [0.25, 0.3) is 5.91 Å². The Balaban J connectivity index is 1.57. The molecule has 3 aromatic carbocycles. The van der Waals surface area contributed by atoms with Crippen molar-refractivity contribution >= 4 is 35.0 Å². The van der Waals surface area contributed by atoms with Crippen LogP contribution in [0.5, 0.6) is 0 Å². The Hall–Kier alpha value is -3.05. The highest BCUT2D eigenvalue weighted by molar-refractivity contribution is 7.99. The number of amides is 2. The number of nitrogens with one attached hydrogen (secondary N) is 2. The molecule has 166 valence electrons. The molecule has 3 rings (SSSR count). The molecule has 2 amide bonds. The predicted octanol–water partition coefficient (Wildman–Crippen LogP) is 6.50. The number of carbonyl (C=O) groups is 2. The molecule has 0 radical (unpaired) electrons. The van der Waals surface area contributed by atoms with Gasteiger partial charge < -0.3 is 10.6 Å². The van der Waals surface area contributed by atoms with E-state index in [0.717, 1.165) is 5.75 Å². The maximum Gasteiger partial charge on any atom is 0.255 e. The number of hydrogen-bond acceptors (Lipinski definition) is 3. The van der Waals surface area contributed by atoms with Gasteiger partial charge in [0.15, 0.2) is 0 Å². The summed E-state index contributed by atoms with van der Waals surface area (Å²) in [5.41, 5.74) is 4.30. The lowest BCUT2D eigenvalue weighted by Crippen LogP contribution is -2.22. The van der Waals surface area contributed by atoms with Crippen molar-refractivity contribution in [2.24, 2.45) is 0 Å². The van der Waals surface area contributed by atoms with Gasteiger partial charge in [-0.25, -0.2) is 0 Å². The topological polar surface area (TPSA) is 58.2 Å². The second kappa shape index (κ2) is 10.5. The molecule has 0 heterocycles. The zero-order valence-electron chi connectivity index (χ0n) is 19.0. The Kier molecular flexibility index (Phi) is 7.75. The van der Waals surface area contributed by atoms with E-state index in [1.807, 2.05) is 67.6 Å². The number of anilines is 2. The lowest BCUT2D eigenvalue weighted by molar-refractivity contribution is -0.115. The van der Waals surface area contributed by atoms with E-state index in [4.69, 9.17) is 0 Å². The highest BCUT2D eigenvalue weighted by atomic mass is 32.2.